The van der Waals surface area contributed by atoms with E-state index in [1.807, 2.05) is 12.1 Å². The third-order valence-corrected chi connectivity index (χ3v) is 6.71. The van der Waals surface area contributed by atoms with Gasteiger partial charge in [0.05, 0.1) is 10.7 Å². The Hall–Kier alpha value is -2.06. The van der Waals surface area contributed by atoms with E-state index in [0.717, 1.165) is 74.7 Å². The molecule has 2 saturated heterocycles. The van der Waals surface area contributed by atoms with Crippen molar-refractivity contribution in [1.29, 1.82) is 0 Å². The van der Waals surface area contributed by atoms with Crippen molar-refractivity contribution < 1.29 is 0 Å². The summed E-state index contributed by atoms with van der Waals surface area (Å²) in [6.45, 7) is 7.74. The van der Waals surface area contributed by atoms with Gasteiger partial charge in [0.1, 0.15) is 5.82 Å². The number of guanidine groups is 1. The Morgan fingerprint density at radius 1 is 1.30 bits per heavy atom. The number of aromatic nitrogens is 2. The zero-order chi connectivity index (χ0) is 20.8. The van der Waals surface area contributed by atoms with Gasteiger partial charge in [-0.25, -0.2) is 9.97 Å². The minimum absolute atomic E-state index is 0.321. The van der Waals surface area contributed by atoms with E-state index in [-0.39, 0.29) is 0 Å². The minimum Gasteiger partial charge on any atom is -0.357 e. The fraction of sp³-hybridized carbons (Fsp3) is 0.571. The van der Waals surface area contributed by atoms with Gasteiger partial charge in [0.15, 0.2) is 11.1 Å². The zero-order valence-corrected chi connectivity index (χ0v) is 19.1. The van der Waals surface area contributed by atoms with Gasteiger partial charge < -0.3 is 20.4 Å². The van der Waals surface area contributed by atoms with E-state index in [2.05, 4.69) is 37.7 Å². The van der Waals surface area contributed by atoms with Crippen molar-refractivity contribution in [2.24, 2.45) is 4.99 Å². The van der Waals surface area contributed by atoms with Crippen LogP contribution in [0.15, 0.2) is 28.7 Å². The highest BCUT2D eigenvalue weighted by atomic mass is 35.5. The number of nitrogens with one attached hydrogen (secondary N) is 2. The molecule has 9 heteroatoms. The standard InChI is InChI=1S/C21H30ClN7S/c1-2-23-20(25-10-7-17-15-30-21(27-17)28-11-3-4-12-28)26-16-8-13-29(14-16)19-18(22)6-5-9-24-19/h5-6,9,15-16H,2-4,7-8,10-14H2,1H3,(H2,23,25,26). The van der Waals surface area contributed by atoms with Gasteiger partial charge in [-0.1, -0.05) is 11.6 Å². The topological polar surface area (TPSA) is 68.7 Å². The number of rotatable bonds is 7. The van der Waals surface area contributed by atoms with Crippen LogP contribution in [0.5, 0.6) is 0 Å². The summed E-state index contributed by atoms with van der Waals surface area (Å²) in [7, 11) is 0. The second-order valence-corrected chi connectivity index (χ2v) is 8.95. The number of anilines is 2. The van der Waals surface area contributed by atoms with Gasteiger partial charge in [0.2, 0.25) is 0 Å². The van der Waals surface area contributed by atoms with Gasteiger partial charge in [-0.05, 0) is 38.3 Å². The van der Waals surface area contributed by atoms with Crippen LogP contribution in [0.1, 0.15) is 31.9 Å². The van der Waals surface area contributed by atoms with Gasteiger partial charge in [-0.15, -0.1) is 11.3 Å². The van der Waals surface area contributed by atoms with Crippen LogP contribution in [0.4, 0.5) is 10.9 Å². The summed E-state index contributed by atoms with van der Waals surface area (Å²) in [5.41, 5.74) is 1.14. The molecular formula is C21H30ClN7S. The average molecular weight is 448 g/mol. The SMILES string of the molecule is CCNC(=NCCc1csc(N2CCCC2)n1)NC1CCN(c2ncccc2Cl)C1. The lowest BCUT2D eigenvalue weighted by molar-refractivity contribution is 0.648. The number of nitrogens with zero attached hydrogens (tertiary/aromatic N) is 5. The van der Waals surface area contributed by atoms with Gasteiger partial charge in [0.25, 0.3) is 0 Å². The van der Waals surface area contributed by atoms with Crippen LogP contribution in [-0.4, -0.2) is 61.2 Å². The number of hydrogen-bond acceptors (Lipinski definition) is 6. The quantitative estimate of drug-likeness (QED) is 0.502. The Kier molecular flexibility index (Phi) is 7.28. The Morgan fingerprint density at radius 3 is 2.97 bits per heavy atom. The van der Waals surface area contributed by atoms with Crippen LogP contribution in [-0.2, 0) is 6.42 Å². The molecule has 7 nitrogen and oxygen atoms in total. The summed E-state index contributed by atoms with van der Waals surface area (Å²) >= 11 is 8.06. The normalized spacial score (nSPS) is 19.5. The second-order valence-electron chi connectivity index (χ2n) is 7.71. The second kappa shape index (κ2) is 10.3. The third-order valence-electron chi connectivity index (χ3n) is 5.47. The first kappa shape index (κ1) is 21.2. The van der Waals surface area contributed by atoms with Crippen LogP contribution in [0.25, 0.3) is 0 Å². The van der Waals surface area contributed by atoms with Crippen molar-refractivity contribution in [1.82, 2.24) is 20.6 Å². The van der Waals surface area contributed by atoms with E-state index in [1.54, 1.807) is 17.5 Å². The maximum atomic E-state index is 6.31. The highest BCUT2D eigenvalue weighted by molar-refractivity contribution is 7.13. The molecule has 1 unspecified atom stereocenters. The van der Waals surface area contributed by atoms with Crippen molar-refractivity contribution >= 4 is 39.8 Å². The first-order valence-electron chi connectivity index (χ1n) is 10.8. The molecule has 0 aromatic carbocycles. The first-order valence-corrected chi connectivity index (χ1v) is 12.1. The lowest BCUT2D eigenvalue weighted by atomic mass is 10.3. The Labute approximate surface area is 187 Å². The molecule has 0 saturated carbocycles. The van der Waals surface area contributed by atoms with E-state index in [4.69, 9.17) is 21.6 Å². The van der Waals surface area contributed by atoms with Gasteiger partial charge in [-0.2, -0.15) is 0 Å². The predicted octanol–water partition coefficient (Wildman–Crippen LogP) is 3.17. The fourth-order valence-electron chi connectivity index (χ4n) is 3.94. The summed E-state index contributed by atoms with van der Waals surface area (Å²) in [6.07, 6.45) is 6.25. The first-order chi connectivity index (χ1) is 14.7. The molecule has 2 aromatic rings. The van der Waals surface area contributed by atoms with Crippen LogP contribution in [0, 0.1) is 0 Å². The molecule has 30 heavy (non-hydrogen) atoms. The van der Waals surface area contributed by atoms with Gasteiger partial charge in [-0.3, -0.25) is 4.99 Å². The summed E-state index contributed by atoms with van der Waals surface area (Å²) in [5.74, 6) is 1.73. The highest BCUT2D eigenvalue weighted by Crippen LogP contribution is 2.26. The number of halogens is 1. The summed E-state index contributed by atoms with van der Waals surface area (Å²) in [6, 6.07) is 4.08. The molecule has 2 N–H and O–H groups in total. The van der Waals surface area contributed by atoms with Gasteiger partial charge >= 0.3 is 0 Å². The maximum absolute atomic E-state index is 6.31. The molecule has 0 radical (unpaired) electrons. The third kappa shape index (κ3) is 5.35. The van der Waals surface area contributed by atoms with Crippen molar-refractivity contribution in [3.63, 3.8) is 0 Å². The van der Waals surface area contributed by atoms with Crippen molar-refractivity contribution in [3.05, 3.63) is 34.4 Å². The molecule has 0 spiro atoms. The maximum Gasteiger partial charge on any atom is 0.191 e. The molecule has 4 heterocycles. The molecule has 162 valence electrons. The molecule has 2 aromatic heterocycles. The molecule has 2 aliphatic rings. The lowest BCUT2D eigenvalue weighted by Gasteiger charge is -2.20. The van der Waals surface area contributed by atoms with Crippen molar-refractivity contribution in [2.75, 3.05) is 49.1 Å². The summed E-state index contributed by atoms with van der Waals surface area (Å²) in [4.78, 5) is 18.6. The van der Waals surface area contributed by atoms with Crippen LogP contribution in [0.3, 0.4) is 0 Å². The summed E-state index contributed by atoms with van der Waals surface area (Å²) < 4.78 is 0. The molecule has 1 atom stereocenters. The number of thiazole rings is 1. The largest absolute Gasteiger partial charge is 0.357 e. The molecule has 2 fully saturated rings. The van der Waals surface area contributed by atoms with E-state index in [9.17, 15) is 0 Å². The van der Waals surface area contributed by atoms with Gasteiger partial charge in [0, 0.05) is 63.3 Å². The van der Waals surface area contributed by atoms with E-state index in [1.165, 1.54) is 12.8 Å². The molecule has 4 rings (SSSR count). The zero-order valence-electron chi connectivity index (χ0n) is 17.5. The Balaban J connectivity index is 1.29. The Morgan fingerprint density at radius 2 is 2.17 bits per heavy atom. The lowest BCUT2D eigenvalue weighted by Crippen LogP contribution is -2.44. The predicted molar refractivity (Wildman–Crippen MR) is 126 cm³/mol. The average Bonchev–Trinajstić information content (AvgIpc) is 3.50. The van der Waals surface area contributed by atoms with Crippen molar-refractivity contribution in [2.45, 2.75) is 38.6 Å². The molecule has 2 aliphatic heterocycles. The Bertz CT molecular complexity index is 849. The van der Waals surface area contributed by atoms with Crippen LogP contribution < -0.4 is 20.4 Å². The van der Waals surface area contributed by atoms with Crippen LogP contribution >= 0.6 is 22.9 Å². The molecule has 0 amide bonds. The monoisotopic (exact) mass is 447 g/mol. The molecule has 0 aliphatic carbocycles. The van der Waals surface area contributed by atoms with E-state index in [0.29, 0.717) is 11.1 Å². The number of pyridine rings is 1. The number of hydrogen-bond donors (Lipinski definition) is 2. The number of aliphatic imine (C=N–C) groups is 1. The fourth-order valence-corrected chi connectivity index (χ4v) is 5.10. The highest BCUT2D eigenvalue weighted by Gasteiger charge is 2.25. The van der Waals surface area contributed by atoms with E-state index >= 15 is 0 Å². The molecular weight excluding hydrogens is 418 g/mol. The van der Waals surface area contributed by atoms with Crippen LogP contribution in [0.2, 0.25) is 5.02 Å². The van der Waals surface area contributed by atoms with E-state index < -0.39 is 0 Å². The van der Waals surface area contributed by atoms with Crippen molar-refractivity contribution in [3.8, 4) is 0 Å². The minimum atomic E-state index is 0.321. The molecule has 0 bridgehead atoms. The summed E-state index contributed by atoms with van der Waals surface area (Å²) in [5, 5.41) is 11.0. The smallest absolute Gasteiger partial charge is 0.191 e.